The maximum Gasteiger partial charge on any atom is 0.364 e. The van der Waals surface area contributed by atoms with Crippen LogP contribution in [-0.2, 0) is 16.1 Å². The van der Waals surface area contributed by atoms with Gasteiger partial charge in [0.05, 0.1) is 19.6 Å². The molecule has 166 valence electrons. The SMILES string of the molecule is COC(=O)/C=C/c1ccc(OC(=O)c2nn(CC(C)C)c(=O)c3ccccc23)c(OC)c1. The molecule has 0 atom stereocenters. The van der Waals surface area contributed by atoms with E-state index in [9.17, 15) is 14.4 Å². The molecule has 8 nitrogen and oxygen atoms in total. The Labute approximate surface area is 185 Å². The fourth-order valence-electron chi connectivity index (χ4n) is 3.11. The molecule has 1 aromatic heterocycles. The molecule has 0 aliphatic heterocycles. The van der Waals surface area contributed by atoms with Crippen molar-refractivity contribution in [3.63, 3.8) is 0 Å². The standard InChI is InChI=1S/C24H24N2O6/c1-15(2)14-26-23(28)18-8-6-5-7-17(18)22(25-26)24(29)32-19-11-9-16(13-20(19)30-3)10-12-21(27)31-4/h5-13,15H,14H2,1-4H3/b12-10+. The van der Waals surface area contributed by atoms with Crippen LogP contribution in [0.5, 0.6) is 11.5 Å². The van der Waals surface area contributed by atoms with Crippen LogP contribution in [0.25, 0.3) is 16.8 Å². The molecule has 0 amide bonds. The van der Waals surface area contributed by atoms with Gasteiger partial charge in [0.15, 0.2) is 17.2 Å². The van der Waals surface area contributed by atoms with E-state index in [1.54, 1.807) is 48.5 Å². The first kappa shape index (κ1) is 22.7. The molecule has 0 saturated heterocycles. The highest BCUT2D eigenvalue weighted by Crippen LogP contribution is 2.29. The lowest BCUT2D eigenvalue weighted by Gasteiger charge is -2.13. The number of ether oxygens (including phenoxy) is 3. The minimum Gasteiger partial charge on any atom is -0.493 e. The van der Waals surface area contributed by atoms with Crippen LogP contribution in [0.2, 0.25) is 0 Å². The third-order valence-corrected chi connectivity index (χ3v) is 4.60. The summed E-state index contributed by atoms with van der Waals surface area (Å²) in [6, 6.07) is 11.6. The number of hydrogen-bond donors (Lipinski definition) is 0. The predicted octanol–water partition coefficient (Wildman–Crippen LogP) is 3.47. The Morgan fingerprint density at radius 1 is 1.06 bits per heavy atom. The number of aromatic nitrogens is 2. The fraction of sp³-hybridized carbons (Fsp3) is 0.250. The van der Waals surface area contributed by atoms with E-state index in [2.05, 4.69) is 9.84 Å². The minimum absolute atomic E-state index is 0.0394. The van der Waals surface area contributed by atoms with Crippen molar-refractivity contribution >= 4 is 28.8 Å². The fourth-order valence-corrected chi connectivity index (χ4v) is 3.11. The van der Waals surface area contributed by atoms with E-state index in [1.165, 1.54) is 25.0 Å². The highest BCUT2D eigenvalue weighted by atomic mass is 16.6. The Hall–Kier alpha value is -3.94. The normalized spacial score (nSPS) is 11.2. The van der Waals surface area contributed by atoms with Gasteiger partial charge in [0.25, 0.3) is 5.56 Å². The van der Waals surface area contributed by atoms with E-state index in [4.69, 9.17) is 9.47 Å². The summed E-state index contributed by atoms with van der Waals surface area (Å²) < 4.78 is 16.8. The molecule has 0 aliphatic rings. The van der Waals surface area contributed by atoms with E-state index in [0.29, 0.717) is 28.6 Å². The summed E-state index contributed by atoms with van der Waals surface area (Å²) in [6.07, 6.45) is 2.82. The topological polar surface area (TPSA) is 96.7 Å². The van der Waals surface area contributed by atoms with Crippen LogP contribution in [-0.4, -0.2) is 35.9 Å². The average Bonchev–Trinajstić information content (AvgIpc) is 2.79. The molecule has 0 saturated carbocycles. The molecule has 3 rings (SSSR count). The van der Waals surface area contributed by atoms with Crippen molar-refractivity contribution in [2.45, 2.75) is 20.4 Å². The molecular formula is C24H24N2O6. The van der Waals surface area contributed by atoms with E-state index in [-0.39, 0.29) is 22.9 Å². The van der Waals surface area contributed by atoms with Gasteiger partial charge in [-0.05, 0) is 35.8 Å². The van der Waals surface area contributed by atoms with Crippen molar-refractivity contribution in [1.82, 2.24) is 9.78 Å². The molecule has 0 radical (unpaired) electrons. The Morgan fingerprint density at radius 2 is 1.78 bits per heavy atom. The Balaban J connectivity index is 1.98. The maximum absolute atomic E-state index is 13.1. The van der Waals surface area contributed by atoms with Crippen LogP contribution in [0, 0.1) is 5.92 Å². The van der Waals surface area contributed by atoms with Crippen molar-refractivity contribution in [3.05, 3.63) is 70.2 Å². The van der Waals surface area contributed by atoms with Gasteiger partial charge in [-0.3, -0.25) is 4.79 Å². The summed E-state index contributed by atoms with van der Waals surface area (Å²) in [6.45, 7) is 4.29. The quantitative estimate of drug-likeness (QED) is 0.318. The first-order chi connectivity index (χ1) is 15.3. The van der Waals surface area contributed by atoms with Crippen LogP contribution in [0.15, 0.2) is 53.3 Å². The number of rotatable bonds is 7. The number of benzene rings is 2. The van der Waals surface area contributed by atoms with Gasteiger partial charge < -0.3 is 14.2 Å². The predicted molar refractivity (Wildman–Crippen MR) is 120 cm³/mol. The molecular weight excluding hydrogens is 412 g/mol. The van der Waals surface area contributed by atoms with Gasteiger partial charge >= 0.3 is 11.9 Å². The van der Waals surface area contributed by atoms with Crippen molar-refractivity contribution in [2.24, 2.45) is 5.92 Å². The van der Waals surface area contributed by atoms with Crippen molar-refractivity contribution in [1.29, 1.82) is 0 Å². The van der Waals surface area contributed by atoms with Gasteiger partial charge in [0.1, 0.15) is 0 Å². The molecule has 0 N–H and O–H groups in total. The second kappa shape index (κ2) is 9.91. The van der Waals surface area contributed by atoms with E-state index in [0.717, 1.165) is 0 Å². The number of methoxy groups -OCH3 is 2. The summed E-state index contributed by atoms with van der Waals surface area (Å²) >= 11 is 0. The molecule has 0 spiro atoms. The van der Waals surface area contributed by atoms with Crippen LogP contribution < -0.4 is 15.0 Å². The third kappa shape index (κ3) is 5.03. The van der Waals surface area contributed by atoms with Gasteiger partial charge in [-0.1, -0.05) is 38.1 Å². The summed E-state index contributed by atoms with van der Waals surface area (Å²) in [7, 11) is 2.73. The zero-order valence-corrected chi connectivity index (χ0v) is 18.3. The van der Waals surface area contributed by atoms with Crippen LogP contribution in [0.3, 0.4) is 0 Å². The van der Waals surface area contributed by atoms with Crippen molar-refractivity contribution in [2.75, 3.05) is 14.2 Å². The zero-order valence-electron chi connectivity index (χ0n) is 18.3. The van der Waals surface area contributed by atoms with Gasteiger partial charge in [-0.25, -0.2) is 14.3 Å². The highest BCUT2D eigenvalue weighted by Gasteiger charge is 2.20. The van der Waals surface area contributed by atoms with Gasteiger partial charge in [0.2, 0.25) is 0 Å². The van der Waals surface area contributed by atoms with Crippen molar-refractivity contribution < 1.29 is 23.8 Å². The Kier molecular flexibility index (Phi) is 7.04. The summed E-state index contributed by atoms with van der Waals surface area (Å²) in [5, 5.41) is 5.10. The average molecular weight is 436 g/mol. The largest absolute Gasteiger partial charge is 0.493 e. The Morgan fingerprint density at radius 3 is 2.44 bits per heavy atom. The second-order valence-electron chi connectivity index (χ2n) is 7.43. The zero-order chi connectivity index (χ0) is 23.3. The molecule has 8 heteroatoms. The molecule has 3 aromatic rings. The maximum atomic E-state index is 13.1. The number of esters is 2. The first-order valence-electron chi connectivity index (χ1n) is 10.00. The number of nitrogens with zero attached hydrogens (tertiary/aromatic N) is 2. The number of hydrogen-bond acceptors (Lipinski definition) is 7. The summed E-state index contributed by atoms with van der Waals surface area (Å²) in [5.74, 6) is -0.565. The van der Waals surface area contributed by atoms with E-state index in [1.807, 2.05) is 13.8 Å². The smallest absolute Gasteiger partial charge is 0.364 e. The lowest BCUT2D eigenvalue weighted by molar-refractivity contribution is -0.134. The van der Waals surface area contributed by atoms with Gasteiger partial charge in [-0.15, -0.1) is 0 Å². The number of carbonyl (C=O) groups excluding carboxylic acids is 2. The van der Waals surface area contributed by atoms with Crippen LogP contribution in [0.1, 0.15) is 29.9 Å². The van der Waals surface area contributed by atoms with Crippen LogP contribution >= 0.6 is 0 Å². The van der Waals surface area contributed by atoms with E-state index >= 15 is 0 Å². The first-order valence-corrected chi connectivity index (χ1v) is 10.00. The third-order valence-electron chi connectivity index (χ3n) is 4.60. The van der Waals surface area contributed by atoms with Gasteiger partial charge in [0, 0.05) is 18.0 Å². The second-order valence-corrected chi connectivity index (χ2v) is 7.43. The number of carbonyl (C=O) groups is 2. The molecule has 32 heavy (non-hydrogen) atoms. The molecule has 0 bridgehead atoms. The lowest BCUT2D eigenvalue weighted by Crippen LogP contribution is -2.28. The van der Waals surface area contributed by atoms with Crippen molar-refractivity contribution in [3.8, 4) is 11.5 Å². The molecule has 0 unspecified atom stereocenters. The van der Waals surface area contributed by atoms with E-state index < -0.39 is 11.9 Å². The van der Waals surface area contributed by atoms with Gasteiger partial charge in [-0.2, -0.15) is 5.10 Å². The van der Waals surface area contributed by atoms with Crippen LogP contribution in [0.4, 0.5) is 0 Å². The molecule has 0 fully saturated rings. The lowest BCUT2D eigenvalue weighted by atomic mass is 10.1. The monoisotopic (exact) mass is 436 g/mol. The summed E-state index contributed by atoms with van der Waals surface area (Å²) in [4.78, 5) is 37.1. The molecule has 2 aromatic carbocycles. The Bertz CT molecular complexity index is 1240. The minimum atomic E-state index is -0.713. The molecule has 1 heterocycles. The number of fused-ring (bicyclic) bond motifs is 1. The highest BCUT2D eigenvalue weighted by molar-refractivity contribution is 6.03. The summed E-state index contributed by atoms with van der Waals surface area (Å²) in [5.41, 5.74) is 0.434. The molecule has 0 aliphatic carbocycles.